The summed E-state index contributed by atoms with van der Waals surface area (Å²) in [6.45, 7) is 4.66. The molecule has 0 spiro atoms. The Morgan fingerprint density at radius 2 is 0.967 bits per heavy atom. The van der Waals surface area contributed by atoms with Gasteiger partial charge in [0.2, 0.25) is 0 Å². The van der Waals surface area contributed by atoms with Crippen molar-refractivity contribution >= 4 is 5.78 Å². The van der Waals surface area contributed by atoms with Gasteiger partial charge in [0.05, 0.1) is 6.61 Å². The molecular formula is C28H48O2. The Balaban J connectivity index is 1.76. The van der Waals surface area contributed by atoms with Crippen LogP contribution in [0, 0.1) is 0 Å². The van der Waals surface area contributed by atoms with E-state index in [4.69, 9.17) is 4.74 Å². The van der Waals surface area contributed by atoms with Gasteiger partial charge in [0.1, 0.15) is 5.75 Å². The molecule has 0 heterocycles. The van der Waals surface area contributed by atoms with Gasteiger partial charge in [-0.2, -0.15) is 0 Å². The highest BCUT2D eigenvalue weighted by Crippen LogP contribution is 2.15. The van der Waals surface area contributed by atoms with Crippen molar-refractivity contribution in [3.63, 3.8) is 0 Å². The lowest BCUT2D eigenvalue weighted by Gasteiger charge is -2.07. The summed E-state index contributed by atoms with van der Waals surface area (Å²) in [5.74, 6) is 0.969. The number of carbonyl (C=O) groups is 1. The van der Waals surface area contributed by atoms with Crippen LogP contribution in [0.15, 0.2) is 24.3 Å². The van der Waals surface area contributed by atoms with Crippen LogP contribution in [0.25, 0.3) is 0 Å². The average molecular weight is 417 g/mol. The highest BCUT2D eigenvalue weighted by molar-refractivity contribution is 5.94. The highest BCUT2D eigenvalue weighted by Gasteiger charge is 2.00. The van der Waals surface area contributed by atoms with Crippen LogP contribution in [0.5, 0.6) is 5.75 Å². The molecule has 1 aromatic carbocycles. The molecule has 0 unspecified atom stereocenters. The predicted molar refractivity (Wildman–Crippen MR) is 131 cm³/mol. The Morgan fingerprint density at radius 3 is 1.33 bits per heavy atom. The van der Waals surface area contributed by atoms with E-state index in [1.807, 2.05) is 24.3 Å². The van der Waals surface area contributed by atoms with E-state index >= 15 is 0 Å². The standard InChI is InChI=1S/C28H48O2/c1-3-4-5-6-7-8-9-10-11-12-13-14-15-16-17-18-19-20-25-30-28-23-21-27(22-24-28)26(2)29/h21-24H,3-20,25H2,1-2H3. The maximum atomic E-state index is 11.3. The Bertz CT molecular complexity index is 506. The molecule has 0 amide bonds. The third-order valence-corrected chi connectivity index (χ3v) is 6.03. The molecule has 0 saturated carbocycles. The second kappa shape index (κ2) is 19.6. The van der Waals surface area contributed by atoms with Gasteiger partial charge in [-0.05, 0) is 37.6 Å². The molecule has 0 radical (unpaired) electrons. The average Bonchev–Trinajstić information content (AvgIpc) is 2.75. The van der Waals surface area contributed by atoms with Gasteiger partial charge in [-0.3, -0.25) is 4.79 Å². The largest absolute Gasteiger partial charge is 0.494 e. The first kappa shape index (κ1) is 26.7. The van der Waals surface area contributed by atoms with E-state index in [0.29, 0.717) is 0 Å². The summed E-state index contributed by atoms with van der Waals surface area (Å²) in [7, 11) is 0. The highest BCUT2D eigenvalue weighted by atomic mass is 16.5. The normalized spacial score (nSPS) is 11.0. The number of unbranched alkanes of at least 4 members (excludes halogenated alkanes) is 17. The van der Waals surface area contributed by atoms with Crippen molar-refractivity contribution in [3.05, 3.63) is 29.8 Å². The fourth-order valence-corrected chi connectivity index (χ4v) is 3.98. The lowest BCUT2D eigenvalue weighted by molar-refractivity contribution is 0.101. The van der Waals surface area contributed by atoms with Gasteiger partial charge in [0, 0.05) is 5.56 Å². The maximum Gasteiger partial charge on any atom is 0.159 e. The van der Waals surface area contributed by atoms with Gasteiger partial charge >= 0.3 is 0 Å². The number of hydrogen-bond donors (Lipinski definition) is 0. The zero-order chi connectivity index (χ0) is 21.7. The minimum atomic E-state index is 0.102. The fourth-order valence-electron chi connectivity index (χ4n) is 3.98. The molecule has 0 fully saturated rings. The van der Waals surface area contributed by atoms with Crippen LogP contribution in [0.2, 0.25) is 0 Å². The third-order valence-electron chi connectivity index (χ3n) is 6.03. The molecule has 0 aliphatic rings. The summed E-state index contributed by atoms with van der Waals surface area (Å²) in [6.07, 6.45) is 25.1. The first-order valence-electron chi connectivity index (χ1n) is 13.0. The number of hydrogen-bond acceptors (Lipinski definition) is 2. The summed E-state index contributed by atoms with van der Waals surface area (Å²) in [4.78, 5) is 11.3. The number of carbonyl (C=O) groups excluding carboxylic acids is 1. The van der Waals surface area contributed by atoms with E-state index in [-0.39, 0.29) is 5.78 Å². The van der Waals surface area contributed by atoms with Gasteiger partial charge < -0.3 is 4.74 Å². The molecule has 172 valence electrons. The van der Waals surface area contributed by atoms with Gasteiger partial charge in [-0.15, -0.1) is 0 Å². The molecular weight excluding hydrogens is 368 g/mol. The molecule has 2 heteroatoms. The minimum Gasteiger partial charge on any atom is -0.494 e. The van der Waals surface area contributed by atoms with Gasteiger partial charge in [0.15, 0.2) is 5.78 Å². The van der Waals surface area contributed by atoms with E-state index < -0.39 is 0 Å². The predicted octanol–water partition coefficient (Wildman–Crippen LogP) is 9.31. The van der Waals surface area contributed by atoms with Crippen LogP contribution in [0.4, 0.5) is 0 Å². The molecule has 2 nitrogen and oxygen atoms in total. The molecule has 0 saturated heterocycles. The first-order chi connectivity index (χ1) is 14.7. The van der Waals surface area contributed by atoms with Crippen molar-refractivity contribution in [3.8, 4) is 5.75 Å². The lowest BCUT2D eigenvalue weighted by atomic mass is 10.0. The Kier molecular flexibility index (Phi) is 17.5. The van der Waals surface area contributed by atoms with Gasteiger partial charge in [0.25, 0.3) is 0 Å². The van der Waals surface area contributed by atoms with Crippen molar-refractivity contribution in [1.29, 1.82) is 0 Å². The second-order valence-electron chi connectivity index (χ2n) is 8.94. The minimum absolute atomic E-state index is 0.102. The summed E-state index contributed by atoms with van der Waals surface area (Å²) >= 11 is 0. The van der Waals surface area contributed by atoms with E-state index in [2.05, 4.69) is 6.92 Å². The summed E-state index contributed by atoms with van der Waals surface area (Å²) in [5, 5.41) is 0. The zero-order valence-corrected chi connectivity index (χ0v) is 20.1. The molecule has 0 aromatic heterocycles. The van der Waals surface area contributed by atoms with E-state index in [9.17, 15) is 4.79 Å². The number of Topliss-reactive ketones (excluding diaryl/α,β-unsaturated/α-hetero) is 1. The van der Waals surface area contributed by atoms with Crippen molar-refractivity contribution in [2.75, 3.05) is 6.61 Å². The SMILES string of the molecule is CCCCCCCCCCCCCCCCCCCCOc1ccc(C(C)=O)cc1. The number of ketones is 1. The van der Waals surface area contributed by atoms with Gasteiger partial charge in [-0.25, -0.2) is 0 Å². The van der Waals surface area contributed by atoms with Crippen molar-refractivity contribution in [2.24, 2.45) is 0 Å². The second-order valence-corrected chi connectivity index (χ2v) is 8.94. The lowest BCUT2D eigenvalue weighted by Crippen LogP contribution is -1.98. The van der Waals surface area contributed by atoms with E-state index in [0.717, 1.165) is 24.3 Å². The quantitative estimate of drug-likeness (QED) is 0.147. The number of rotatable bonds is 21. The zero-order valence-electron chi connectivity index (χ0n) is 20.1. The summed E-state index contributed by atoms with van der Waals surface area (Å²) in [5.41, 5.74) is 0.746. The van der Waals surface area contributed by atoms with E-state index in [1.165, 1.54) is 109 Å². The van der Waals surface area contributed by atoms with Crippen LogP contribution in [-0.4, -0.2) is 12.4 Å². The molecule has 1 aromatic rings. The van der Waals surface area contributed by atoms with Crippen LogP contribution in [0.1, 0.15) is 140 Å². The van der Waals surface area contributed by atoms with Crippen molar-refractivity contribution in [1.82, 2.24) is 0 Å². The number of ether oxygens (including phenoxy) is 1. The van der Waals surface area contributed by atoms with E-state index in [1.54, 1.807) is 6.92 Å². The summed E-state index contributed by atoms with van der Waals surface area (Å²) < 4.78 is 5.76. The van der Waals surface area contributed by atoms with Crippen molar-refractivity contribution < 1.29 is 9.53 Å². The smallest absolute Gasteiger partial charge is 0.159 e. The van der Waals surface area contributed by atoms with Crippen molar-refractivity contribution in [2.45, 2.75) is 129 Å². The Labute approximate surface area is 187 Å². The van der Waals surface area contributed by atoms with Crippen LogP contribution in [-0.2, 0) is 0 Å². The topological polar surface area (TPSA) is 26.3 Å². The maximum absolute atomic E-state index is 11.3. The summed E-state index contributed by atoms with van der Waals surface area (Å²) in [6, 6.07) is 7.47. The van der Waals surface area contributed by atoms with Crippen LogP contribution < -0.4 is 4.74 Å². The van der Waals surface area contributed by atoms with Gasteiger partial charge in [-0.1, -0.05) is 116 Å². The Morgan fingerprint density at radius 1 is 0.600 bits per heavy atom. The monoisotopic (exact) mass is 416 g/mol. The van der Waals surface area contributed by atoms with Crippen LogP contribution >= 0.6 is 0 Å². The molecule has 1 rings (SSSR count). The molecule has 0 aliphatic heterocycles. The molecule has 0 aliphatic carbocycles. The third kappa shape index (κ3) is 15.5. The number of benzene rings is 1. The first-order valence-corrected chi connectivity index (χ1v) is 13.0. The molecule has 0 atom stereocenters. The molecule has 0 N–H and O–H groups in total. The fraction of sp³-hybridized carbons (Fsp3) is 0.750. The Hall–Kier alpha value is -1.31. The molecule has 30 heavy (non-hydrogen) atoms. The molecule has 0 bridgehead atoms. The van der Waals surface area contributed by atoms with Crippen LogP contribution in [0.3, 0.4) is 0 Å².